The van der Waals surface area contributed by atoms with Gasteiger partial charge in [-0.25, -0.2) is 9.97 Å². The van der Waals surface area contributed by atoms with Gasteiger partial charge in [0.15, 0.2) is 5.82 Å². The number of para-hydroxylation sites is 1. The van der Waals surface area contributed by atoms with Crippen LogP contribution in [0.5, 0.6) is 5.75 Å². The Morgan fingerprint density at radius 3 is 2.45 bits per heavy atom. The van der Waals surface area contributed by atoms with Crippen LogP contribution in [0.3, 0.4) is 0 Å². The highest BCUT2D eigenvalue weighted by molar-refractivity contribution is 7.18. The lowest BCUT2D eigenvalue weighted by atomic mass is 10.2. The topological polar surface area (TPSA) is 47.5 Å². The molecule has 3 heterocycles. The standard InChI is InChI=1S/C23H21N3O2S/c1-27-17-8-6-16(7-9-17)20-10-11-21(29-20)22-24-19-5-3-2-4-18(19)23(25-22)26-12-14-28-15-13-26/h2-11H,12-15H2,1H3. The Labute approximate surface area is 173 Å². The van der Waals surface area contributed by atoms with Gasteiger partial charge in [-0.05, 0) is 54.1 Å². The number of morpholine rings is 1. The van der Waals surface area contributed by atoms with E-state index >= 15 is 0 Å². The van der Waals surface area contributed by atoms with Gasteiger partial charge in [0.25, 0.3) is 0 Å². The van der Waals surface area contributed by atoms with Crippen LogP contribution in [0, 0.1) is 0 Å². The van der Waals surface area contributed by atoms with E-state index in [0.717, 1.165) is 65.0 Å². The number of anilines is 1. The van der Waals surface area contributed by atoms with E-state index in [1.54, 1.807) is 18.4 Å². The van der Waals surface area contributed by atoms with Crippen molar-refractivity contribution in [1.82, 2.24) is 9.97 Å². The van der Waals surface area contributed by atoms with Crippen molar-refractivity contribution in [2.24, 2.45) is 0 Å². The van der Waals surface area contributed by atoms with Gasteiger partial charge in [-0.1, -0.05) is 12.1 Å². The predicted octanol–water partition coefficient (Wildman–Crippen LogP) is 4.87. The Kier molecular flexibility index (Phi) is 4.87. The number of methoxy groups -OCH3 is 1. The second kappa shape index (κ2) is 7.81. The van der Waals surface area contributed by atoms with Crippen molar-refractivity contribution >= 4 is 28.1 Å². The fourth-order valence-corrected chi connectivity index (χ4v) is 4.50. The summed E-state index contributed by atoms with van der Waals surface area (Å²) in [6.45, 7) is 3.16. The van der Waals surface area contributed by atoms with E-state index in [1.165, 1.54) is 4.88 Å². The number of rotatable bonds is 4. The third-order valence-electron chi connectivity index (χ3n) is 5.09. The lowest BCUT2D eigenvalue weighted by Crippen LogP contribution is -2.37. The summed E-state index contributed by atoms with van der Waals surface area (Å²) < 4.78 is 10.8. The minimum Gasteiger partial charge on any atom is -0.497 e. The first kappa shape index (κ1) is 18.1. The average molecular weight is 404 g/mol. The molecule has 29 heavy (non-hydrogen) atoms. The van der Waals surface area contributed by atoms with Gasteiger partial charge in [-0.15, -0.1) is 11.3 Å². The van der Waals surface area contributed by atoms with Crippen molar-refractivity contribution in [2.75, 3.05) is 38.3 Å². The molecule has 0 radical (unpaired) electrons. The maximum absolute atomic E-state index is 5.53. The predicted molar refractivity (Wildman–Crippen MR) is 118 cm³/mol. The van der Waals surface area contributed by atoms with E-state index in [1.807, 2.05) is 24.3 Å². The van der Waals surface area contributed by atoms with E-state index in [2.05, 4.69) is 41.3 Å². The number of hydrogen-bond donors (Lipinski definition) is 0. The van der Waals surface area contributed by atoms with Gasteiger partial charge in [-0.3, -0.25) is 0 Å². The van der Waals surface area contributed by atoms with Crippen LogP contribution in [0.4, 0.5) is 5.82 Å². The van der Waals surface area contributed by atoms with E-state index in [-0.39, 0.29) is 0 Å². The molecule has 4 aromatic rings. The van der Waals surface area contributed by atoms with E-state index in [0.29, 0.717) is 0 Å². The summed E-state index contributed by atoms with van der Waals surface area (Å²) in [5.41, 5.74) is 2.13. The third kappa shape index (κ3) is 3.57. The summed E-state index contributed by atoms with van der Waals surface area (Å²) in [4.78, 5) is 14.4. The maximum atomic E-state index is 5.53. The fraction of sp³-hybridized carbons (Fsp3) is 0.217. The third-order valence-corrected chi connectivity index (χ3v) is 6.22. The second-order valence-corrected chi connectivity index (χ2v) is 7.96. The minimum atomic E-state index is 0.730. The van der Waals surface area contributed by atoms with Crippen molar-refractivity contribution in [3.8, 4) is 26.9 Å². The molecule has 0 bridgehead atoms. The number of thiophene rings is 1. The zero-order valence-corrected chi connectivity index (χ0v) is 17.0. The summed E-state index contributed by atoms with van der Waals surface area (Å²) in [5, 5.41) is 1.09. The monoisotopic (exact) mass is 403 g/mol. The zero-order chi connectivity index (χ0) is 19.6. The van der Waals surface area contributed by atoms with Gasteiger partial charge in [0.1, 0.15) is 11.6 Å². The van der Waals surface area contributed by atoms with Gasteiger partial charge < -0.3 is 14.4 Å². The molecule has 6 heteroatoms. The Bertz CT molecular complexity index is 1130. The van der Waals surface area contributed by atoms with Crippen molar-refractivity contribution in [3.05, 3.63) is 60.7 Å². The molecule has 2 aromatic heterocycles. The lowest BCUT2D eigenvalue weighted by Gasteiger charge is -2.28. The molecule has 0 amide bonds. The number of nitrogens with zero attached hydrogens (tertiary/aromatic N) is 3. The smallest absolute Gasteiger partial charge is 0.172 e. The molecule has 0 aliphatic carbocycles. The molecule has 0 spiro atoms. The Morgan fingerprint density at radius 2 is 1.66 bits per heavy atom. The summed E-state index contributed by atoms with van der Waals surface area (Å²) in [7, 11) is 1.68. The van der Waals surface area contributed by atoms with Gasteiger partial charge in [0.2, 0.25) is 0 Å². The first-order valence-electron chi connectivity index (χ1n) is 9.66. The number of aromatic nitrogens is 2. The molecule has 0 unspecified atom stereocenters. The Morgan fingerprint density at radius 1 is 0.897 bits per heavy atom. The number of benzene rings is 2. The van der Waals surface area contributed by atoms with Gasteiger partial charge in [0.05, 0.1) is 30.7 Å². The van der Waals surface area contributed by atoms with Crippen LogP contribution in [-0.2, 0) is 4.74 Å². The normalized spacial score (nSPS) is 14.3. The first-order chi connectivity index (χ1) is 14.3. The number of hydrogen-bond acceptors (Lipinski definition) is 6. The molecular weight excluding hydrogens is 382 g/mol. The molecule has 5 rings (SSSR count). The highest BCUT2D eigenvalue weighted by Crippen LogP contribution is 2.35. The van der Waals surface area contributed by atoms with Crippen molar-refractivity contribution in [2.45, 2.75) is 0 Å². The molecule has 2 aromatic carbocycles. The fourth-order valence-electron chi connectivity index (χ4n) is 3.55. The van der Waals surface area contributed by atoms with Crippen LogP contribution in [0.15, 0.2) is 60.7 Å². The van der Waals surface area contributed by atoms with Crippen molar-refractivity contribution < 1.29 is 9.47 Å². The summed E-state index contributed by atoms with van der Waals surface area (Å²) >= 11 is 1.71. The van der Waals surface area contributed by atoms with Crippen LogP contribution in [-0.4, -0.2) is 43.4 Å². The number of fused-ring (bicyclic) bond motifs is 1. The molecule has 1 fully saturated rings. The van der Waals surface area contributed by atoms with Crippen LogP contribution in [0.25, 0.3) is 32.0 Å². The second-order valence-electron chi connectivity index (χ2n) is 6.88. The minimum absolute atomic E-state index is 0.730. The quantitative estimate of drug-likeness (QED) is 0.486. The van der Waals surface area contributed by atoms with Crippen molar-refractivity contribution in [1.29, 1.82) is 0 Å². The maximum Gasteiger partial charge on any atom is 0.172 e. The molecule has 146 valence electrons. The highest BCUT2D eigenvalue weighted by atomic mass is 32.1. The van der Waals surface area contributed by atoms with Gasteiger partial charge >= 0.3 is 0 Å². The van der Waals surface area contributed by atoms with Crippen LogP contribution >= 0.6 is 11.3 Å². The van der Waals surface area contributed by atoms with Crippen LogP contribution in [0.2, 0.25) is 0 Å². The first-order valence-corrected chi connectivity index (χ1v) is 10.5. The zero-order valence-electron chi connectivity index (χ0n) is 16.2. The van der Waals surface area contributed by atoms with Gasteiger partial charge in [0, 0.05) is 23.4 Å². The van der Waals surface area contributed by atoms with Crippen molar-refractivity contribution in [3.63, 3.8) is 0 Å². The van der Waals surface area contributed by atoms with E-state index in [9.17, 15) is 0 Å². The largest absolute Gasteiger partial charge is 0.497 e. The molecule has 1 saturated heterocycles. The number of ether oxygens (including phenoxy) is 2. The van der Waals surface area contributed by atoms with Crippen LogP contribution < -0.4 is 9.64 Å². The van der Waals surface area contributed by atoms with E-state index < -0.39 is 0 Å². The SMILES string of the molecule is COc1ccc(-c2ccc(-c3nc(N4CCOCC4)c4ccccc4n3)s2)cc1. The highest BCUT2D eigenvalue weighted by Gasteiger charge is 2.18. The molecule has 0 atom stereocenters. The molecule has 1 aliphatic rings. The molecule has 0 N–H and O–H groups in total. The summed E-state index contributed by atoms with van der Waals surface area (Å²) in [5.74, 6) is 2.63. The Hall–Kier alpha value is -2.96. The molecular formula is C23H21N3O2S. The summed E-state index contributed by atoms with van der Waals surface area (Å²) in [6.07, 6.45) is 0. The molecule has 0 saturated carbocycles. The molecule has 5 nitrogen and oxygen atoms in total. The van der Waals surface area contributed by atoms with Gasteiger partial charge in [-0.2, -0.15) is 0 Å². The lowest BCUT2D eigenvalue weighted by molar-refractivity contribution is 0.122. The summed E-state index contributed by atoms with van der Waals surface area (Å²) in [6, 6.07) is 20.6. The van der Waals surface area contributed by atoms with Crippen LogP contribution in [0.1, 0.15) is 0 Å². The Balaban J connectivity index is 1.55. The average Bonchev–Trinajstić information content (AvgIpc) is 3.29. The van der Waals surface area contributed by atoms with E-state index in [4.69, 9.17) is 19.4 Å². The molecule has 1 aliphatic heterocycles.